The maximum atomic E-state index is 13.2. The molecule has 35 heavy (non-hydrogen) atoms. The van der Waals surface area contributed by atoms with E-state index in [0.29, 0.717) is 28.1 Å². The summed E-state index contributed by atoms with van der Waals surface area (Å²) in [6, 6.07) is 18.3. The molecule has 0 atom stereocenters. The van der Waals surface area contributed by atoms with Crippen molar-refractivity contribution < 1.29 is 27.6 Å². The van der Waals surface area contributed by atoms with Gasteiger partial charge in [-0.05, 0) is 61.0 Å². The van der Waals surface area contributed by atoms with Crippen molar-refractivity contribution in [1.82, 2.24) is 0 Å². The number of alkyl halides is 3. The van der Waals surface area contributed by atoms with Gasteiger partial charge in [0.15, 0.2) is 0 Å². The Morgan fingerprint density at radius 2 is 1.46 bits per heavy atom. The summed E-state index contributed by atoms with van der Waals surface area (Å²) in [4.78, 5) is 28.6. The van der Waals surface area contributed by atoms with Gasteiger partial charge in [-0.1, -0.05) is 32.0 Å². The second-order valence-electron chi connectivity index (χ2n) is 6.34. The van der Waals surface area contributed by atoms with Crippen molar-refractivity contribution in [2.45, 2.75) is 26.9 Å². The van der Waals surface area contributed by atoms with Gasteiger partial charge in [0.1, 0.15) is 13.6 Å². The van der Waals surface area contributed by atoms with Crippen molar-refractivity contribution in [1.29, 1.82) is 5.26 Å². The third-order valence-electron chi connectivity index (χ3n) is 4.28. The molecule has 0 saturated carbocycles. The first-order valence-electron chi connectivity index (χ1n) is 10.2. The zero-order chi connectivity index (χ0) is 27.0. The van der Waals surface area contributed by atoms with E-state index in [1.165, 1.54) is 6.07 Å². The molecule has 0 fully saturated rings. The van der Waals surface area contributed by atoms with E-state index in [-0.39, 0.29) is 5.69 Å². The molecule has 0 aliphatic heterocycles. The highest BCUT2D eigenvalue weighted by Gasteiger charge is 2.31. The number of anilines is 3. The number of hydrogen-bond donors (Lipinski definition) is 2. The maximum Gasteiger partial charge on any atom is 0.416 e. The van der Waals surface area contributed by atoms with E-state index in [4.69, 9.17) is 14.9 Å². The molecule has 1 amide bonds. The van der Waals surface area contributed by atoms with Crippen LogP contribution in [0.3, 0.4) is 0 Å². The molecule has 184 valence electrons. The van der Waals surface area contributed by atoms with Crippen molar-refractivity contribution in [3.63, 3.8) is 0 Å². The molecular weight excluding hydrogens is 459 g/mol. The summed E-state index contributed by atoms with van der Waals surface area (Å²) in [5, 5.41) is 14.4. The van der Waals surface area contributed by atoms with Gasteiger partial charge >= 0.3 is 6.18 Å². The monoisotopic (exact) mass is 485 g/mol. The molecule has 0 aliphatic rings. The average Bonchev–Trinajstić information content (AvgIpc) is 2.88. The standard InChI is InChI=1S/C22H16F3N3O.C2H6.2CH2O/c1-14-4-2-3-5-18(14)21(29)28-20-12-16(22(23,24)25)8-11-19(20)27-17-9-6-15(13-26)7-10-17;3*1-2/h2-12,27H,1H3,(H,28,29);1-2H3;2*1H2. The van der Waals surface area contributed by atoms with E-state index in [2.05, 4.69) is 10.6 Å². The molecule has 3 rings (SSSR count). The highest BCUT2D eigenvalue weighted by molar-refractivity contribution is 6.07. The number of nitrogens with one attached hydrogen (secondary N) is 2. The number of aryl methyl sites for hydroxylation is 1. The molecule has 0 heterocycles. The molecule has 0 saturated heterocycles. The lowest BCUT2D eigenvalue weighted by molar-refractivity contribution is -0.137. The molecule has 0 aliphatic carbocycles. The Balaban J connectivity index is 0.00000179. The fraction of sp³-hybridized carbons (Fsp3) is 0.154. The van der Waals surface area contributed by atoms with Gasteiger partial charge < -0.3 is 20.2 Å². The molecule has 0 spiro atoms. The second-order valence-corrected chi connectivity index (χ2v) is 6.34. The van der Waals surface area contributed by atoms with Gasteiger partial charge in [0.2, 0.25) is 0 Å². The van der Waals surface area contributed by atoms with Crippen LogP contribution in [0.25, 0.3) is 0 Å². The predicted molar refractivity (Wildman–Crippen MR) is 131 cm³/mol. The van der Waals surface area contributed by atoms with Gasteiger partial charge in [-0.3, -0.25) is 4.79 Å². The third-order valence-corrected chi connectivity index (χ3v) is 4.28. The number of nitrogens with zero attached hydrogens (tertiary/aromatic N) is 1. The lowest BCUT2D eigenvalue weighted by atomic mass is 10.1. The molecule has 9 heteroatoms. The van der Waals surface area contributed by atoms with Gasteiger partial charge in [-0.25, -0.2) is 0 Å². The zero-order valence-electron chi connectivity index (χ0n) is 19.6. The number of amides is 1. The van der Waals surface area contributed by atoms with E-state index in [9.17, 15) is 18.0 Å². The van der Waals surface area contributed by atoms with Crippen LogP contribution in [0.4, 0.5) is 30.2 Å². The minimum atomic E-state index is -4.55. The van der Waals surface area contributed by atoms with Crippen molar-refractivity contribution in [2.24, 2.45) is 0 Å². The summed E-state index contributed by atoms with van der Waals surface area (Å²) in [6.07, 6.45) is -4.55. The topological polar surface area (TPSA) is 99.1 Å². The number of hydrogen-bond acceptors (Lipinski definition) is 5. The number of benzene rings is 3. The molecule has 0 bridgehead atoms. The number of halogens is 3. The fourth-order valence-electron chi connectivity index (χ4n) is 2.73. The van der Waals surface area contributed by atoms with Crippen LogP contribution < -0.4 is 10.6 Å². The van der Waals surface area contributed by atoms with Crippen molar-refractivity contribution in [2.75, 3.05) is 10.6 Å². The van der Waals surface area contributed by atoms with Crippen LogP contribution in [0.5, 0.6) is 0 Å². The first kappa shape index (κ1) is 30.6. The van der Waals surface area contributed by atoms with Crippen LogP contribution in [-0.2, 0) is 15.8 Å². The first-order valence-corrected chi connectivity index (χ1v) is 10.2. The third kappa shape index (κ3) is 9.14. The Kier molecular flexibility index (Phi) is 13.4. The van der Waals surface area contributed by atoms with Crippen LogP contribution in [0, 0.1) is 18.3 Å². The Morgan fingerprint density at radius 3 is 1.97 bits per heavy atom. The Bertz CT molecular complexity index is 1120. The Hall–Kier alpha value is -4.45. The minimum Gasteiger partial charge on any atom is -0.354 e. The van der Waals surface area contributed by atoms with Crippen LogP contribution in [0.15, 0.2) is 66.7 Å². The summed E-state index contributed by atoms with van der Waals surface area (Å²) < 4.78 is 39.5. The number of nitriles is 1. The summed E-state index contributed by atoms with van der Waals surface area (Å²) in [5.41, 5.74) is 1.52. The fourth-order valence-corrected chi connectivity index (χ4v) is 2.73. The van der Waals surface area contributed by atoms with Gasteiger partial charge in [0.05, 0.1) is 28.6 Å². The number of carbonyl (C=O) groups is 3. The zero-order valence-corrected chi connectivity index (χ0v) is 19.6. The Morgan fingerprint density at radius 1 is 0.886 bits per heavy atom. The summed E-state index contributed by atoms with van der Waals surface area (Å²) >= 11 is 0. The molecule has 3 aromatic carbocycles. The minimum absolute atomic E-state index is 0.00237. The van der Waals surface area contributed by atoms with Crippen LogP contribution >= 0.6 is 0 Å². The van der Waals surface area contributed by atoms with Crippen LogP contribution in [0.1, 0.15) is 40.9 Å². The smallest absolute Gasteiger partial charge is 0.354 e. The van der Waals surface area contributed by atoms with Crippen LogP contribution in [0.2, 0.25) is 0 Å². The summed E-state index contributed by atoms with van der Waals surface area (Å²) in [7, 11) is 0. The molecule has 3 aromatic rings. The number of rotatable bonds is 4. The summed E-state index contributed by atoms with van der Waals surface area (Å²) in [6.45, 7) is 9.75. The van der Waals surface area contributed by atoms with Crippen LogP contribution in [-0.4, -0.2) is 19.5 Å². The molecule has 2 N–H and O–H groups in total. The second kappa shape index (κ2) is 15.4. The average molecular weight is 486 g/mol. The quantitative estimate of drug-likeness (QED) is 0.437. The molecule has 0 aromatic heterocycles. The van der Waals surface area contributed by atoms with Gasteiger partial charge in [0, 0.05) is 11.3 Å². The van der Waals surface area contributed by atoms with E-state index >= 15 is 0 Å². The lowest BCUT2D eigenvalue weighted by Gasteiger charge is -2.16. The van der Waals surface area contributed by atoms with E-state index < -0.39 is 17.6 Å². The van der Waals surface area contributed by atoms with Crippen molar-refractivity contribution >= 4 is 36.5 Å². The van der Waals surface area contributed by atoms with E-state index in [1.54, 1.807) is 55.5 Å². The highest BCUT2D eigenvalue weighted by atomic mass is 19.4. The van der Waals surface area contributed by atoms with Gasteiger partial charge in [-0.15, -0.1) is 0 Å². The largest absolute Gasteiger partial charge is 0.416 e. The molecular formula is C26H26F3N3O3. The van der Waals surface area contributed by atoms with Gasteiger partial charge in [0.25, 0.3) is 5.91 Å². The normalized spacial score (nSPS) is 9.40. The SMILES string of the molecule is C=O.C=O.CC.Cc1ccccc1C(=O)Nc1cc(C(F)(F)F)ccc1Nc1ccc(C#N)cc1. The maximum absolute atomic E-state index is 13.2. The summed E-state index contributed by atoms with van der Waals surface area (Å²) in [5.74, 6) is -0.509. The molecule has 6 nitrogen and oxygen atoms in total. The predicted octanol–water partition coefficient (Wildman–Crippen LogP) is 6.54. The first-order chi connectivity index (χ1) is 16.8. The lowest BCUT2D eigenvalue weighted by Crippen LogP contribution is -2.15. The van der Waals surface area contributed by atoms with Gasteiger partial charge in [-0.2, -0.15) is 18.4 Å². The van der Waals surface area contributed by atoms with Crippen molar-refractivity contribution in [3.05, 3.63) is 89.0 Å². The Labute approximate surface area is 202 Å². The molecule has 0 unspecified atom stereocenters. The highest BCUT2D eigenvalue weighted by Crippen LogP contribution is 2.35. The molecule has 0 radical (unpaired) electrons. The van der Waals surface area contributed by atoms with E-state index in [1.807, 2.05) is 33.5 Å². The van der Waals surface area contributed by atoms with Crippen molar-refractivity contribution in [3.8, 4) is 6.07 Å². The number of carbonyl (C=O) groups excluding carboxylic acids is 3. The van der Waals surface area contributed by atoms with E-state index in [0.717, 1.165) is 12.1 Å².